The summed E-state index contributed by atoms with van der Waals surface area (Å²) in [5.74, 6) is -1.61. The zero-order valence-electron chi connectivity index (χ0n) is 61.9. The number of aliphatic hydroxyl groups excluding tert-OH is 2. The Kier molecular flexibility index (Phi) is 70.2. The van der Waals surface area contributed by atoms with Crippen molar-refractivity contribution < 1.29 is 75.8 Å². The zero-order valence-corrected chi connectivity index (χ0v) is 63.7. The number of aliphatic hydroxyl groups is 2. The normalized spacial score (nSPS) is 14.8. The molecule has 0 saturated heterocycles. The average molecular weight is 1430 g/mol. The van der Waals surface area contributed by atoms with Crippen molar-refractivity contribution in [2.75, 3.05) is 39.6 Å². The Morgan fingerprint density at radius 1 is 0.293 bits per heavy atom. The quantitative estimate of drug-likeness (QED) is 0.0146. The van der Waals surface area contributed by atoms with E-state index >= 15 is 0 Å². The number of carbonyl (C=O) groups is 3. The minimum absolute atomic E-state index is 0.0813. The van der Waals surface area contributed by atoms with Crippen LogP contribution in [0.5, 0.6) is 0 Å². The Morgan fingerprint density at radius 3 is 0.889 bits per heavy atom. The number of unbranched alkanes of at least 4 members (excludes halogenated alkanes) is 27. The number of carbonyl (C=O) groups excluding carboxylic acids is 3. The van der Waals surface area contributed by atoms with Crippen LogP contribution in [0.4, 0.5) is 0 Å². The highest BCUT2D eigenvalue weighted by Crippen LogP contribution is 2.45. The van der Waals surface area contributed by atoms with Crippen molar-refractivity contribution in [3.8, 4) is 0 Å². The molecule has 0 radical (unpaired) electrons. The first-order chi connectivity index (χ1) is 48.2. The van der Waals surface area contributed by atoms with Gasteiger partial charge in [0.05, 0.1) is 26.4 Å². The van der Waals surface area contributed by atoms with E-state index in [0.29, 0.717) is 19.3 Å². The Hall–Kier alpha value is -4.31. The molecule has 5 unspecified atom stereocenters. The maximum atomic E-state index is 12.9. The van der Waals surface area contributed by atoms with Crippen LogP contribution in [-0.2, 0) is 55.8 Å². The van der Waals surface area contributed by atoms with Crippen LogP contribution in [0.3, 0.4) is 0 Å². The fourth-order valence-electron chi connectivity index (χ4n) is 9.97. The fraction of sp³-hybridized carbons (Fsp3) is 0.691. The molecule has 0 aliphatic carbocycles. The van der Waals surface area contributed by atoms with Crippen molar-refractivity contribution in [2.24, 2.45) is 0 Å². The summed E-state index contributed by atoms with van der Waals surface area (Å²) in [6.07, 6.45) is 87.9. The van der Waals surface area contributed by atoms with E-state index in [-0.39, 0.29) is 19.3 Å². The number of esters is 3. The van der Waals surface area contributed by atoms with Crippen LogP contribution in [0.2, 0.25) is 0 Å². The predicted octanol–water partition coefficient (Wildman–Crippen LogP) is 22.3. The molecule has 99 heavy (non-hydrogen) atoms. The molecule has 0 aliphatic heterocycles. The van der Waals surface area contributed by atoms with Gasteiger partial charge < -0.3 is 34.2 Å². The van der Waals surface area contributed by atoms with Crippen LogP contribution >= 0.6 is 15.6 Å². The van der Waals surface area contributed by atoms with Crippen molar-refractivity contribution in [3.05, 3.63) is 134 Å². The summed E-state index contributed by atoms with van der Waals surface area (Å²) in [5, 5.41) is 20.6. The molecular formula is C81H138O16P2. The van der Waals surface area contributed by atoms with Crippen LogP contribution in [0.1, 0.15) is 303 Å². The maximum absolute atomic E-state index is 12.9. The second kappa shape index (κ2) is 73.4. The lowest BCUT2D eigenvalue weighted by atomic mass is 10.0. The lowest BCUT2D eigenvalue weighted by Crippen LogP contribution is -2.30. The molecule has 0 heterocycles. The first-order valence-electron chi connectivity index (χ1n) is 38.5. The molecule has 5 atom stereocenters. The third kappa shape index (κ3) is 74.7. The van der Waals surface area contributed by atoms with Gasteiger partial charge in [0.15, 0.2) is 6.10 Å². The maximum Gasteiger partial charge on any atom is 0.472 e. The fourth-order valence-corrected chi connectivity index (χ4v) is 11.6. The molecule has 0 bridgehead atoms. The van der Waals surface area contributed by atoms with Gasteiger partial charge in [-0.1, -0.05) is 283 Å². The number of allylic oxidation sites excluding steroid dienone is 22. The zero-order chi connectivity index (χ0) is 72.3. The summed E-state index contributed by atoms with van der Waals surface area (Å²) in [7, 11) is -9.80. The van der Waals surface area contributed by atoms with E-state index < -0.39 is 91.5 Å². The van der Waals surface area contributed by atoms with E-state index in [1.807, 2.05) is 0 Å². The number of rotatable bonds is 72. The second-order valence-corrected chi connectivity index (χ2v) is 28.3. The topological polar surface area (TPSA) is 231 Å². The first-order valence-corrected chi connectivity index (χ1v) is 41.5. The summed E-state index contributed by atoms with van der Waals surface area (Å²) >= 11 is 0. The van der Waals surface area contributed by atoms with Crippen LogP contribution in [0.25, 0.3) is 0 Å². The third-order valence-corrected chi connectivity index (χ3v) is 17.7. The molecule has 0 aromatic rings. The Bertz CT molecular complexity index is 2330. The number of phosphoric ester groups is 2. The van der Waals surface area contributed by atoms with E-state index in [0.717, 1.165) is 161 Å². The van der Waals surface area contributed by atoms with E-state index in [4.69, 9.17) is 32.3 Å². The summed E-state index contributed by atoms with van der Waals surface area (Å²) in [4.78, 5) is 58.5. The van der Waals surface area contributed by atoms with Crippen molar-refractivity contribution in [3.63, 3.8) is 0 Å². The van der Waals surface area contributed by atoms with Crippen LogP contribution in [0.15, 0.2) is 134 Å². The summed E-state index contributed by atoms with van der Waals surface area (Å²) < 4.78 is 61.0. The Morgan fingerprint density at radius 2 is 0.556 bits per heavy atom. The van der Waals surface area contributed by atoms with Gasteiger partial charge in [0.1, 0.15) is 25.4 Å². The van der Waals surface area contributed by atoms with Gasteiger partial charge in [-0.25, -0.2) is 9.13 Å². The van der Waals surface area contributed by atoms with Gasteiger partial charge >= 0.3 is 33.6 Å². The largest absolute Gasteiger partial charge is 0.472 e. The highest BCUT2D eigenvalue weighted by molar-refractivity contribution is 7.47. The number of hydrogen-bond donors (Lipinski definition) is 4. The SMILES string of the molecule is CC/C=C\C/C=C\C/C=C\C/C=C\C/C=C\CCCCCCCCCCCCCCCC(=O)OCC(O)COP(=O)(O)OCC(O)COP(=O)(O)OCC(COC(=O)CCCCCCC/C=C\C/C=C\C/C=C\C/C=C\CCCCC)OC(=O)CCCCCCC/C=C\C/C=C\CCC. The standard InChI is InChI=1S/C81H138O16P2/c1-4-7-10-13-16-19-22-25-27-29-31-33-34-35-36-37-38-39-40-42-44-45-47-50-52-55-58-61-64-67-79(84)91-70-76(82)71-93-98(87,88)94-72-77(83)73-95-99(89,90)96-75-78(97-81(86)69-66-63-60-57-54-49-24-21-18-15-12-9-6-3)74-92-80(85)68-65-62-59-56-53-51-48-46-43-41-32-30-28-26-23-20-17-14-11-8-5-2/h7,10,12,15-17,19-21,24-28,31-33,35-36,41,46,48,76-78,82-83H,4-6,8-9,11,13-14,18,22-23,29-30,34,37-40,42-45,47,49-75H2,1-3H3,(H,87,88)(H,89,90)/b10-7-,15-12-,19-16-,20-17-,24-21-,27-25-,28-26-,33-31-,36-35-,41-32-,48-46-. The lowest BCUT2D eigenvalue weighted by Gasteiger charge is -2.21. The van der Waals surface area contributed by atoms with Crippen molar-refractivity contribution >= 4 is 33.6 Å². The molecule has 0 spiro atoms. The van der Waals surface area contributed by atoms with Gasteiger partial charge in [0.2, 0.25) is 0 Å². The van der Waals surface area contributed by atoms with Crippen LogP contribution in [0, 0.1) is 0 Å². The molecule has 0 saturated carbocycles. The minimum atomic E-state index is -4.94. The summed E-state index contributed by atoms with van der Waals surface area (Å²) in [6, 6.07) is 0. The smallest absolute Gasteiger partial charge is 0.463 e. The molecule has 0 aliphatic rings. The van der Waals surface area contributed by atoms with Crippen LogP contribution in [-0.4, -0.2) is 95.9 Å². The van der Waals surface area contributed by atoms with E-state index in [1.54, 1.807) is 0 Å². The molecule has 0 rings (SSSR count). The number of phosphoric acid groups is 2. The van der Waals surface area contributed by atoms with Gasteiger partial charge in [-0.05, 0) is 135 Å². The molecule has 4 N–H and O–H groups in total. The number of ether oxygens (including phenoxy) is 3. The van der Waals surface area contributed by atoms with E-state index in [9.17, 15) is 43.5 Å². The van der Waals surface area contributed by atoms with E-state index in [1.165, 1.54) is 83.5 Å². The van der Waals surface area contributed by atoms with Crippen molar-refractivity contribution in [1.29, 1.82) is 0 Å². The minimum Gasteiger partial charge on any atom is -0.463 e. The van der Waals surface area contributed by atoms with Gasteiger partial charge in [-0.3, -0.25) is 32.5 Å². The van der Waals surface area contributed by atoms with Gasteiger partial charge in [-0.15, -0.1) is 0 Å². The molecule has 16 nitrogen and oxygen atoms in total. The summed E-state index contributed by atoms with van der Waals surface area (Å²) in [6.45, 7) is 2.43. The predicted molar refractivity (Wildman–Crippen MR) is 408 cm³/mol. The molecule has 18 heteroatoms. The number of hydrogen-bond acceptors (Lipinski definition) is 14. The van der Waals surface area contributed by atoms with Crippen molar-refractivity contribution in [1.82, 2.24) is 0 Å². The highest BCUT2D eigenvalue weighted by Gasteiger charge is 2.29. The molecule has 0 aromatic heterocycles. The average Bonchev–Trinajstić information content (AvgIpc) is 1.36. The Balaban J connectivity index is 4.51. The highest BCUT2D eigenvalue weighted by atomic mass is 31.2. The lowest BCUT2D eigenvalue weighted by molar-refractivity contribution is -0.161. The molecule has 0 aromatic carbocycles. The first kappa shape index (κ1) is 94.7. The molecule has 0 fully saturated rings. The molecule has 0 amide bonds. The Labute approximate surface area is 601 Å². The summed E-state index contributed by atoms with van der Waals surface area (Å²) in [5.41, 5.74) is 0. The van der Waals surface area contributed by atoms with Gasteiger partial charge in [0, 0.05) is 19.3 Å². The van der Waals surface area contributed by atoms with E-state index in [2.05, 4.69) is 154 Å². The third-order valence-electron chi connectivity index (χ3n) is 15.8. The van der Waals surface area contributed by atoms with Gasteiger partial charge in [-0.2, -0.15) is 0 Å². The van der Waals surface area contributed by atoms with Crippen molar-refractivity contribution in [2.45, 2.75) is 322 Å². The monoisotopic (exact) mass is 1430 g/mol. The molecule has 568 valence electrons. The molecular weight excluding hydrogens is 1290 g/mol. The van der Waals surface area contributed by atoms with Gasteiger partial charge in [0.25, 0.3) is 0 Å². The van der Waals surface area contributed by atoms with Crippen LogP contribution < -0.4 is 0 Å². The second-order valence-electron chi connectivity index (χ2n) is 25.4.